The highest BCUT2D eigenvalue weighted by molar-refractivity contribution is 8.00. The first-order valence-corrected chi connectivity index (χ1v) is 11.4. The molecule has 0 saturated carbocycles. The predicted octanol–water partition coefficient (Wildman–Crippen LogP) is 2.89. The van der Waals surface area contributed by atoms with Gasteiger partial charge in [-0.15, -0.1) is 6.42 Å². The minimum Gasteiger partial charge on any atom is -0.454 e. The number of terminal acetylenes is 1. The van der Waals surface area contributed by atoms with Gasteiger partial charge in [0, 0.05) is 29.2 Å². The first-order valence-electron chi connectivity index (χ1n) is 10.4. The van der Waals surface area contributed by atoms with Crippen LogP contribution in [0.15, 0.2) is 65.8 Å². The number of rotatable bonds is 8. The summed E-state index contributed by atoms with van der Waals surface area (Å²) in [5.74, 6) is 2.53. The SMILES string of the molecule is C#Cc1cccc(NC(=O)CNC(=O)c2cccnc2SCC(=O)Nc2ccc3c(c2)OCO3)c1. The molecule has 35 heavy (non-hydrogen) atoms. The lowest BCUT2D eigenvalue weighted by atomic mass is 10.2. The van der Waals surface area contributed by atoms with E-state index in [-0.39, 0.29) is 30.6 Å². The molecule has 1 aliphatic rings. The van der Waals surface area contributed by atoms with Crippen molar-refractivity contribution in [1.82, 2.24) is 10.3 Å². The third-order valence-corrected chi connectivity index (χ3v) is 5.74. The van der Waals surface area contributed by atoms with E-state index in [2.05, 4.69) is 26.9 Å². The second-order valence-electron chi connectivity index (χ2n) is 7.22. The Morgan fingerprint density at radius 2 is 1.77 bits per heavy atom. The number of nitrogens with zero attached hydrogens (tertiary/aromatic N) is 1. The smallest absolute Gasteiger partial charge is 0.254 e. The van der Waals surface area contributed by atoms with Crippen molar-refractivity contribution < 1.29 is 23.9 Å². The summed E-state index contributed by atoms with van der Waals surface area (Å²) in [7, 11) is 0. The summed E-state index contributed by atoms with van der Waals surface area (Å²) in [6, 6.07) is 15.1. The number of benzene rings is 2. The van der Waals surface area contributed by atoms with Crippen molar-refractivity contribution in [1.29, 1.82) is 0 Å². The van der Waals surface area contributed by atoms with Crippen molar-refractivity contribution in [3.05, 3.63) is 71.9 Å². The van der Waals surface area contributed by atoms with Crippen LogP contribution in [0.25, 0.3) is 0 Å². The van der Waals surface area contributed by atoms with Crippen LogP contribution in [0, 0.1) is 12.3 Å². The number of thioether (sulfide) groups is 1. The molecule has 10 heteroatoms. The maximum Gasteiger partial charge on any atom is 0.254 e. The van der Waals surface area contributed by atoms with E-state index in [4.69, 9.17) is 15.9 Å². The number of carbonyl (C=O) groups is 3. The molecule has 0 unspecified atom stereocenters. The van der Waals surface area contributed by atoms with Gasteiger partial charge >= 0.3 is 0 Å². The Morgan fingerprint density at radius 1 is 0.971 bits per heavy atom. The number of pyridine rings is 1. The Bertz CT molecular complexity index is 1320. The first kappa shape index (κ1) is 23.7. The van der Waals surface area contributed by atoms with E-state index < -0.39 is 11.8 Å². The fraction of sp³-hybridized carbons (Fsp3) is 0.120. The summed E-state index contributed by atoms with van der Waals surface area (Å²) < 4.78 is 10.6. The van der Waals surface area contributed by atoms with Crippen LogP contribution < -0.4 is 25.4 Å². The van der Waals surface area contributed by atoms with E-state index in [1.807, 2.05) is 0 Å². The summed E-state index contributed by atoms with van der Waals surface area (Å²) >= 11 is 1.11. The zero-order chi connectivity index (χ0) is 24.6. The van der Waals surface area contributed by atoms with Gasteiger partial charge in [-0.05, 0) is 42.5 Å². The van der Waals surface area contributed by atoms with Crippen LogP contribution in [0.2, 0.25) is 0 Å². The molecule has 0 radical (unpaired) electrons. The summed E-state index contributed by atoms with van der Waals surface area (Å²) in [5.41, 5.74) is 1.99. The van der Waals surface area contributed by atoms with Crippen molar-refractivity contribution in [3.63, 3.8) is 0 Å². The number of aromatic nitrogens is 1. The Hall–Kier alpha value is -4.49. The van der Waals surface area contributed by atoms with Crippen LogP contribution in [0.1, 0.15) is 15.9 Å². The van der Waals surface area contributed by atoms with E-state index in [1.54, 1.807) is 54.6 Å². The van der Waals surface area contributed by atoms with Crippen molar-refractivity contribution >= 4 is 40.9 Å². The molecule has 0 bridgehead atoms. The number of anilines is 2. The first-order chi connectivity index (χ1) is 17.0. The van der Waals surface area contributed by atoms with Gasteiger partial charge in [0.2, 0.25) is 18.6 Å². The fourth-order valence-electron chi connectivity index (χ4n) is 3.13. The van der Waals surface area contributed by atoms with Crippen LogP contribution in [0.4, 0.5) is 11.4 Å². The van der Waals surface area contributed by atoms with Gasteiger partial charge in [0.1, 0.15) is 5.03 Å². The number of ether oxygens (including phenoxy) is 2. The third kappa shape index (κ3) is 6.31. The minimum absolute atomic E-state index is 0.0255. The molecule has 4 rings (SSSR count). The quantitative estimate of drug-likeness (QED) is 0.330. The molecule has 1 aliphatic heterocycles. The number of nitrogens with one attached hydrogen (secondary N) is 3. The largest absolute Gasteiger partial charge is 0.454 e. The average molecular weight is 489 g/mol. The van der Waals surface area contributed by atoms with E-state index in [0.717, 1.165) is 11.8 Å². The van der Waals surface area contributed by atoms with Gasteiger partial charge < -0.3 is 25.4 Å². The average Bonchev–Trinajstić information content (AvgIpc) is 3.34. The zero-order valence-corrected chi connectivity index (χ0v) is 19.2. The number of hydrogen-bond acceptors (Lipinski definition) is 7. The van der Waals surface area contributed by atoms with E-state index in [1.165, 1.54) is 6.20 Å². The number of fused-ring (bicyclic) bond motifs is 1. The Labute approximate surface area is 205 Å². The maximum atomic E-state index is 12.7. The number of hydrogen-bond donors (Lipinski definition) is 3. The molecule has 3 aromatic rings. The van der Waals surface area contributed by atoms with Gasteiger partial charge in [-0.3, -0.25) is 14.4 Å². The highest BCUT2D eigenvalue weighted by atomic mass is 32.2. The number of carbonyl (C=O) groups excluding carboxylic acids is 3. The number of amides is 3. The Kier molecular flexibility index (Phi) is 7.50. The Morgan fingerprint density at radius 3 is 2.63 bits per heavy atom. The minimum atomic E-state index is -0.482. The van der Waals surface area contributed by atoms with Gasteiger partial charge in [0.15, 0.2) is 11.5 Å². The Balaban J connectivity index is 1.30. The normalized spacial score (nSPS) is 11.3. The van der Waals surface area contributed by atoms with E-state index >= 15 is 0 Å². The van der Waals surface area contributed by atoms with Crippen molar-refractivity contribution in [2.24, 2.45) is 0 Å². The predicted molar refractivity (Wildman–Crippen MR) is 131 cm³/mol. The fourth-order valence-corrected chi connectivity index (χ4v) is 3.92. The molecular formula is C25H20N4O5S. The molecule has 0 saturated heterocycles. The molecule has 3 N–H and O–H groups in total. The van der Waals surface area contributed by atoms with E-state index in [9.17, 15) is 14.4 Å². The third-order valence-electron chi connectivity index (χ3n) is 4.73. The molecule has 9 nitrogen and oxygen atoms in total. The highest BCUT2D eigenvalue weighted by Gasteiger charge is 2.17. The standard InChI is InChI=1S/C25H20N4O5S/c1-2-16-5-3-6-17(11-16)28-22(30)13-27-24(32)19-7-4-10-26-25(19)35-14-23(31)29-18-8-9-20-21(12-18)34-15-33-20/h1,3-12H,13-15H2,(H,27,32)(H,28,30)(H,29,31). The van der Waals surface area contributed by atoms with E-state index in [0.29, 0.717) is 33.5 Å². The molecular weight excluding hydrogens is 468 g/mol. The molecule has 176 valence electrons. The molecule has 0 spiro atoms. The monoisotopic (exact) mass is 488 g/mol. The molecule has 0 fully saturated rings. The van der Waals surface area contributed by atoms with Crippen LogP contribution in [0.5, 0.6) is 11.5 Å². The van der Waals surface area contributed by atoms with Crippen molar-refractivity contribution in [2.75, 3.05) is 29.7 Å². The summed E-state index contributed by atoms with van der Waals surface area (Å²) in [5, 5.41) is 8.39. The van der Waals surface area contributed by atoms with Gasteiger partial charge in [-0.25, -0.2) is 4.98 Å². The van der Waals surface area contributed by atoms with Crippen molar-refractivity contribution in [2.45, 2.75) is 5.03 Å². The maximum absolute atomic E-state index is 12.7. The highest BCUT2D eigenvalue weighted by Crippen LogP contribution is 2.34. The van der Waals surface area contributed by atoms with Gasteiger partial charge in [0.05, 0.1) is 17.9 Å². The zero-order valence-electron chi connectivity index (χ0n) is 18.4. The molecule has 0 atom stereocenters. The van der Waals surface area contributed by atoms with Gasteiger partial charge in [-0.2, -0.15) is 0 Å². The summed E-state index contributed by atoms with van der Waals surface area (Å²) in [6.45, 7) is -0.101. The van der Waals surface area contributed by atoms with Crippen LogP contribution >= 0.6 is 11.8 Å². The topological polar surface area (TPSA) is 119 Å². The molecule has 0 aliphatic carbocycles. The van der Waals surface area contributed by atoms with Gasteiger partial charge in [-0.1, -0.05) is 23.7 Å². The molecule has 1 aromatic heterocycles. The van der Waals surface area contributed by atoms with Gasteiger partial charge in [0.25, 0.3) is 5.91 Å². The lowest BCUT2D eigenvalue weighted by molar-refractivity contribution is -0.115. The summed E-state index contributed by atoms with van der Waals surface area (Å²) in [4.78, 5) is 41.5. The van der Waals surface area contributed by atoms with Crippen LogP contribution in [-0.2, 0) is 9.59 Å². The molecule has 3 amide bonds. The second-order valence-corrected chi connectivity index (χ2v) is 8.18. The lowest BCUT2D eigenvalue weighted by Gasteiger charge is -2.10. The lowest BCUT2D eigenvalue weighted by Crippen LogP contribution is -2.33. The van der Waals surface area contributed by atoms with Crippen LogP contribution in [-0.4, -0.2) is 41.8 Å². The molecule has 2 heterocycles. The van der Waals surface area contributed by atoms with Crippen LogP contribution in [0.3, 0.4) is 0 Å². The summed E-state index contributed by atoms with van der Waals surface area (Å²) in [6.07, 6.45) is 6.89. The van der Waals surface area contributed by atoms with Crippen molar-refractivity contribution in [3.8, 4) is 23.8 Å². The molecule has 2 aromatic carbocycles. The second kappa shape index (κ2) is 11.1.